The molecule has 2 aromatic carbocycles. The Morgan fingerprint density at radius 1 is 1.06 bits per heavy atom. The first-order valence-corrected chi connectivity index (χ1v) is 10.1. The summed E-state index contributed by atoms with van der Waals surface area (Å²) in [4.78, 5) is 12.5. The fourth-order valence-electron chi connectivity index (χ4n) is 2.87. The first-order chi connectivity index (χ1) is 15.2. The predicted molar refractivity (Wildman–Crippen MR) is 113 cm³/mol. The second-order valence-electron chi connectivity index (χ2n) is 6.89. The van der Waals surface area contributed by atoms with Gasteiger partial charge < -0.3 is 14.8 Å². The minimum atomic E-state index is -4.39. The lowest BCUT2D eigenvalue weighted by atomic mass is 10.2. The molecule has 0 radical (unpaired) electrons. The summed E-state index contributed by atoms with van der Waals surface area (Å²) in [6, 6.07) is 12.9. The van der Waals surface area contributed by atoms with Gasteiger partial charge in [-0.25, -0.2) is 0 Å². The number of amides is 1. The predicted octanol–water partition coefficient (Wildman–Crippen LogP) is 5.30. The van der Waals surface area contributed by atoms with E-state index in [9.17, 15) is 18.0 Å². The second-order valence-corrected chi connectivity index (χ2v) is 7.27. The summed E-state index contributed by atoms with van der Waals surface area (Å²) in [6.07, 6.45) is -3.76. The highest BCUT2D eigenvalue weighted by Crippen LogP contribution is 2.25. The average Bonchev–Trinajstić information content (AvgIpc) is 3.05. The van der Waals surface area contributed by atoms with Gasteiger partial charge in [0.25, 0.3) is 5.91 Å². The molecule has 170 valence electrons. The van der Waals surface area contributed by atoms with Gasteiger partial charge >= 0.3 is 6.18 Å². The number of benzene rings is 2. The van der Waals surface area contributed by atoms with Crippen molar-refractivity contribution in [2.75, 3.05) is 6.61 Å². The highest BCUT2D eigenvalue weighted by atomic mass is 35.5. The largest absolute Gasteiger partial charge is 0.484 e. The van der Waals surface area contributed by atoms with Crippen molar-refractivity contribution >= 4 is 17.5 Å². The van der Waals surface area contributed by atoms with Crippen molar-refractivity contribution in [3.63, 3.8) is 0 Å². The monoisotopic (exact) mass is 467 g/mol. The molecule has 0 aliphatic carbocycles. The minimum absolute atomic E-state index is 0.0975. The summed E-state index contributed by atoms with van der Waals surface area (Å²) in [5, 5.41) is 7.40. The Morgan fingerprint density at radius 2 is 1.62 bits per heavy atom. The molecule has 1 N–H and O–H groups in total. The standard InChI is InChI=1S/C22H21ClF3N3O3/c1-3-18-19(23)20(29(2)28-18)21(30)27-12-14-4-6-16(7-5-14)32-17-10-8-15(9-11-17)31-13-22(24,25)26/h4-11H,3,12-13H2,1-2H3,(H,27,30). The molecule has 32 heavy (non-hydrogen) atoms. The average molecular weight is 468 g/mol. The van der Waals surface area contributed by atoms with Gasteiger partial charge in [0.2, 0.25) is 0 Å². The van der Waals surface area contributed by atoms with E-state index in [0.717, 1.165) is 5.56 Å². The van der Waals surface area contributed by atoms with E-state index in [2.05, 4.69) is 15.2 Å². The van der Waals surface area contributed by atoms with E-state index in [4.69, 9.17) is 16.3 Å². The first kappa shape index (κ1) is 23.5. The van der Waals surface area contributed by atoms with Gasteiger partial charge in [-0.15, -0.1) is 0 Å². The van der Waals surface area contributed by atoms with Gasteiger partial charge in [0.05, 0.1) is 10.7 Å². The summed E-state index contributed by atoms with van der Waals surface area (Å²) in [7, 11) is 1.67. The van der Waals surface area contributed by atoms with Crippen LogP contribution < -0.4 is 14.8 Å². The van der Waals surface area contributed by atoms with Gasteiger partial charge in [-0.05, 0) is 48.4 Å². The maximum absolute atomic E-state index is 12.5. The molecule has 0 saturated heterocycles. The van der Waals surface area contributed by atoms with Gasteiger partial charge in [-0.2, -0.15) is 18.3 Å². The zero-order valence-corrected chi connectivity index (χ0v) is 18.1. The minimum Gasteiger partial charge on any atom is -0.484 e. The van der Waals surface area contributed by atoms with Crippen molar-refractivity contribution in [2.24, 2.45) is 7.05 Å². The Morgan fingerprint density at radius 3 is 2.16 bits per heavy atom. The number of nitrogens with zero attached hydrogens (tertiary/aromatic N) is 2. The number of carbonyl (C=O) groups excluding carboxylic acids is 1. The van der Waals surface area contributed by atoms with Gasteiger partial charge in [0.15, 0.2) is 6.61 Å². The van der Waals surface area contributed by atoms with Crippen molar-refractivity contribution in [3.8, 4) is 17.2 Å². The third-order valence-corrected chi connectivity index (χ3v) is 4.84. The molecule has 0 aliphatic heterocycles. The van der Waals surface area contributed by atoms with Crippen LogP contribution in [-0.4, -0.2) is 28.5 Å². The van der Waals surface area contributed by atoms with Gasteiger partial charge in [-0.3, -0.25) is 9.48 Å². The van der Waals surface area contributed by atoms with Crippen LogP contribution in [0.5, 0.6) is 17.2 Å². The summed E-state index contributed by atoms with van der Waals surface area (Å²) in [5.74, 6) is 0.757. The SMILES string of the molecule is CCc1nn(C)c(C(=O)NCc2ccc(Oc3ccc(OCC(F)(F)F)cc3)cc2)c1Cl. The molecule has 0 spiro atoms. The van der Waals surface area contributed by atoms with Crippen LogP contribution >= 0.6 is 11.6 Å². The molecular weight excluding hydrogens is 447 g/mol. The third-order valence-electron chi connectivity index (χ3n) is 4.44. The molecule has 3 aromatic rings. The molecule has 10 heteroatoms. The van der Waals surface area contributed by atoms with E-state index < -0.39 is 12.8 Å². The van der Waals surface area contributed by atoms with E-state index in [-0.39, 0.29) is 18.2 Å². The number of nitrogens with one attached hydrogen (secondary N) is 1. The summed E-state index contributed by atoms with van der Waals surface area (Å²) >= 11 is 6.23. The van der Waals surface area contributed by atoms with Crippen LogP contribution in [0, 0.1) is 0 Å². The van der Waals surface area contributed by atoms with Gasteiger partial charge in [-0.1, -0.05) is 30.7 Å². The molecule has 1 amide bonds. The maximum Gasteiger partial charge on any atom is 0.422 e. The van der Waals surface area contributed by atoms with Crippen LogP contribution in [0.4, 0.5) is 13.2 Å². The van der Waals surface area contributed by atoms with Crippen LogP contribution in [0.2, 0.25) is 5.02 Å². The quantitative estimate of drug-likeness (QED) is 0.488. The molecule has 3 rings (SSSR count). The fraction of sp³-hybridized carbons (Fsp3) is 0.273. The lowest BCUT2D eigenvalue weighted by Gasteiger charge is -2.11. The Hall–Kier alpha value is -3.20. The van der Waals surface area contributed by atoms with Crippen molar-refractivity contribution in [1.82, 2.24) is 15.1 Å². The van der Waals surface area contributed by atoms with E-state index in [1.54, 1.807) is 31.3 Å². The summed E-state index contributed by atoms with van der Waals surface area (Å²) in [6.45, 7) is 0.848. The van der Waals surface area contributed by atoms with Crippen LogP contribution in [-0.2, 0) is 20.0 Å². The number of halogens is 4. The number of hydrogen-bond donors (Lipinski definition) is 1. The van der Waals surface area contributed by atoms with E-state index in [1.807, 2.05) is 6.92 Å². The fourth-order valence-corrected chi connectivity index (χ4v) is 3.25. The van der Waals surface area contributed by atoms with Gasteiger partial charge in [0, 0.05) is 13.6 Å². The lowest BCUT2D eigenvalue weighted by Crippen LogP contribution is -2.25. The summed E-state index contributed by atoms with van der Waals surface area (Å²) < 4.78 is 48.4. The normalized spacial score (nSPS) is 11.3. The second kappa shape index (κ2) is 9.95. The van der Waals surface area contributed by atoms with Crippen LogP contribution in [0.3, 0.4) is 0 Å². The topological polar surface area (TPSA) is 65.4 Å². The molecule has 1 aromatic heterocycles. The molecule has 0 bridgehead atoms. The molecule has 0 unspecified atom stereocenters. The molecule has 6 nitrogen and oxygen atoms in total. The number of alkyl halides is 3. The Kier molecular flexibility index (Phi) is 7.29. The van der Waals surface area contributed by atoms with E-state index in [1.165, 1.54) is 28.9 Å². The Labute approximate surface area is 187 Å². The number of hydrogen-bond acceptors (Lipinski definition) is 4. The lowest BCUT2D eigenvalue weighted by molar-refractivity contribution is -0.153. The zero-order valence-electron chi connectivity index (χ0n) is 17.4. The van der Waals surface area contributed by atoms with Crippen molar-refractivity contribution in [2.45, 2.75) is 26.1 Å². The van der Waals surface area contributed by atoms with Crippen LogP contribution in [0.25, 0.3) is 0 Å². The number of aryl methyl sites for hydroxylation is 2. The van der Waals surface area contributed by atoms with E-state index >= 15 is 0 Å². The first-order valence-electron chi connectivity index (χ1n) is 9.72. The molecule has 0 fully saturated rings. The molecule has 1 heterocycles. The highest BCUT2D eigenvalue weighted by Gasteiger charge is 2.28. The van der Waals surface area contributed by atoms with Crippen molar-refractivity contribution < 1.29 is 27.4 Å². The Balaban J connectivity index is 1.54. The zero-order chi connectivity index (χ0) is 23.3. The molecule has 0 saturated carbocycles. The molecule has 0 atom stereocenters. The van der Waals surface area contributed by atoms with Crippen LogP contribution in [0.15, 0.2) is 48.5 Å². The summed E-state index contributed by atoms with van der Waals surface area (Å²) in [5.41, 5.74) is 1.82. The van der Waals surface area contributed by atoms with Gasteiger partial charge in [0.1, 0.15) is 22.9 Å². The third kappa shape index (κ3) is 6.16. The number of aromatic nitrogens is 2. The highest BCUT2D eigenvalue weighted by molar-refractivity contribution is 6.34. The molecule has 0 aliphatic rings. The van der Waals surface area contributed by atoms with Crippen molar-refractivity contribution in [3.05, 3.63) is 70.5 Å². The smallest absolute Gasteiger partial charge is 0.422 e. The van der Waals surface area contributed by atoms with Crippen LogP contribution in [0.1, 0.15) is 28.7 Å². The number of ether oxygens (including phenoxy) is 2. The molecular formula is C22H21ClF3N3O3. The maximum atomic E-state index is 12.5. The number of rotatable bonds is 8. The van der Waals surface area contributed by atoms with Crippen molar-refractivity contribution in [1.29, 1.82) is 0 Å². The van der Waals surface area contributed by atoms with E-state index in [0.29, 0.717) is 34.3 Å². The number of carbonyl (C=O) groups is 1. The Bertz CT molecular complexity index is 1070.